The molecule has 2 rings (SSSR count). The van der Waals surface area contributed by atoms with Gasteiger partial charge in [0.25, 0.3) is 0 Å². The van der Waals surface area contributed by atoms with E-state index in [1.165, 1.54) is 0 Å². The van der Waals surface area contributed by atoms with E-state index in [2.05, 4.69) is 4.98 Å². The third kappa shape index (κ3) is 1.17. The Hall–Kier alpha value is -1.49. The van der Waals surface area contributed by atoms with Crippen LogP contribution in [0.5, 0.6) is 0 Å². The molecule has 0 radical (unpaired) electrons. The third-order valence-corrected chi connectivity index (χ3v) is 2.20. The van der Waals surface area contributed by atoms with Gasteiger partial charge in [0, 0.05) is 19.2 Å². The molecule has 1 aromatic carbocycles. The molecule has 0 bridgehead atoms. The normalized spacial score (nSPS) is 11.1. The molecule has 0 fully saturated rings. The fraction of sp³-hybridized carbons (Fsp3) is 0.222. The van der Waals surface area contributed by atoms with Gasteiger partial charge in [-0.25, -0.2) is 13.8 Å². The maximum atomic E-state index is 12.9. The van der Waals surface area contributed by atoms with Crippen LogP contribution in [0.4, 0.5) is 8.78 Å². The highest BCUT2D eigenvalue weighted by Crippen LogP contribution is 2.18. The molecule has 5 heteroatoms. The van der Waals surface area contributed by atoms with Crippen LogP contribution in [-0.4, -0.2) is 9.55 Å². The van der Waals surface area contributed by atoms with E-state index in [0.717, 1.165) is 12.1 Å². The minimum Gasteiger partial charge on any atom is -0.330 e. The quantitative estimate of drug-likeness (QED) is 0.749. The van der Waals surface area contributed by atoms with Gasteiger partial charge in [-0.2, -0.15) is 0 Å². The van der Waals surface area contributed by atoms with E-state index >= 15 is 0 Å². The number of imidazole rings is 1. The maximum absolute atomic E-state index is 12.9. The van der Waals surface area contributed by atoms with E-state index < -0.39 is 11.6 Å². The molecule has 1 heterocycles. The Bertz CT molecular complexity index is 490. The summed E-state index contributed by atoms with van der Waals surface area (Å²) in [5.74, 6) is -1.16. The third-order valence-electron chi connectivity index (χ3n) is 2.20. The van der Waals surface area contributed by atoms with Gasteiger partial charge >= 0.3 is 0 Å². The molecule has 0 aliphatic rings. The highest BCUT2D eigenvalue weighted by atomic mass is 19.2. The standard InChI is InChI=1S/C9H9F2N3/c1-14-8-3-6(11)5(10)2-7(8)13-9(14)4-12/h2-3H,4,12H2,1H3. The Morgan fingerprint density at radius 3 is 2.64 bits per heavy atom. The SMILES string of the molecule is Cn1c(CN)nc2cc(F)c(F)cc21. The molecule has 0 aliphatic carbocycles. The zero-order valence-corrected chi connectivity index (χ0v) is 7.59. The second kappa shape index (κ2) is 3.02. The number of benzene rings is 1. The molecular formula is C9H9F2N3. The van der Waals surface area contributed by atoms with Gasteiger partial charge in [0.05, 0.1) is 17.6 Å². The van der Waals surface area contributed by atoms with Crippen molar-refractivity contribution >= 4 is 11.0 Å². The van der Waals surface area contributed by atoms with Gasteiger partial charge in [-0.05, 0) is 0 Å². The van der Waals surface area contributed by atoms with Crippen LogP contribution in [0.2, 0.25) is 0 Å². The monoisotopic (exact) mass is 197 g/mol. The first-order chi connectivity index (χ1) is 6.63. The number of hydrogen-bond donors (Lipinski definition) is 1. The number of nitrogens with zero attached hydrogens (tertiary/aromatic N) is 2. The Balaban J connectivity index is 2.80. The van der Waals surface area contributed by atoms with E-state index in [9.17, 15) is 8.78 Å². The summed E-state index contributed by atoms with van der Waals surface area (Å²) in [4.78, 5) is 4.06. The van der Waals surface area contributed by atoms with Gasteiger partial charge in [-0.3, -0.25) is 0 Å². The highest BCUT2D eigenvalue weighted by molar-refractivity contribution is 5.76. The van der Waals surface area contributed by atoms with Crippen molar-refractivity contribution in [2.45, 2.75) is 6.54 Å². The summed E-state index contributed by atoms with van der Waals surface area (Å²) in [6.07, 6.45) is 0. The molecule has 0 atom stereocenters. The van der Waals surface area contributed by atoms with Crippen LogP contribution in [-0.2, 0) is 13.6 Å². The molecule has 1 aromatic heterocycles. The number of aromatic nitrogens is 2. The summed E-state index contributed by atoms with van der Waals surface area (Å²) >= 11 is 0. The summed E-state index contributed by atoms with van der Waals surface area (Å²) in [6, 6.07) is 2.20. The van der Waals surface area contributed by atoms with Crippen LogP contribution in [0.1, 0.15) is 5.82 Å². The van der Waals surface area contributed by atoms with Crippen LogP contribution >= 0.6 is 0 Å². The molecular weight excluding hydrogens is 188 g/mol. The lowest BCUT2D eigenvalue weighted by Crippen LogP contribution is -2.04. The van der Waals surface area contributed by atoms with Crippen molar-refractivity contribution in [3.05, 3.63) is 29.6 Å². The first-order valence-corrected chi connectivity index (χ1v) is 4.14. The van der Waals surface area contributed by atoms with Crippen LogP contribution in [0.3, 0.4) is 0 Å². The molecule has 2 N–H and O–H groups in total. The first-order valence-electron chi connectivity index (χ1n) is 4.14. The molecule has 0 saturated carbocycles. The van der Waals surface area contributed by atoms with Crippen molar-refractivity contribution in [1.29, 1.82) is 0 Å². The zero-order valence-electron chi connectivity index (χ0n) is 7.59. The lowest BCUT2D eigenvalue weighted by Gasteiger charge is -1.98. The lowest BCUT2D eigenvalue weighted by atomic mass is 10.3. The van der Waals surface area contributed by atoms with Gasteiger partial charge in [-0.15, -0.1) is 0 Å². The number of fused-ring (bicyclic) bond motifs is 1. The number of rotatable bonds is 1. The fourth-order valence-corrected chi connectivity index (χ4v) is 1.42. The van der Waals surface area contributed by atoms with E-state index in [0.29, 0.717) is 16.9 Å². The predicted molar refractivity (Wildman–Crippen MR) is 48.5 cm³/mol. The van der Waals surface area contributed by atoms with Crippen molar-refractivity contribution < 1.29 is 8.78 Å². The van der Waals surface area contributed by atoms with E-state index in [4.69, 9.17) is 5.73 Å². The second-order valence-corrected chi connectivity index (χ2v) is 3.05. The van der Waals surface area contributed by atoms with Crippen molar-refractivity contribution in [2.75, 3.05) is 0 Å². The van der Waals surface area contributed by atoms with Crippen LogP contribution in [0, 0.1) is 11.6 Å². The summed E-state index contributed by atoms with van der Waals surface area (Å²) in [7, 11) is 1.72. The molecule has 2 aromatic rings. The smallest absolute Gasteiger partial charge is 0.161 e. The molecule has 0 aliphatic heterocycles. The lowest BCUT2D eigenvalue weighted by molar-refractivity contribution is 0.510. The van der Waals surface area contributed by atoms with Gasteiger partial charge in [-0.1, -0.05) is 0 Å². The van der Waals surface area contributed by atoms with E-state index in [1.807, 2.05) is 0 Å². The van der Waals surface area contributed by atoms with Crippen LogP contribution in [0.25, 0.3) is 11.0 Å². The highest BCUT2D eigenvalue weighted by Gasteiger charge is 2.10. The average Bonchev–Trinajstić information content (AvgIpc) is 2.45. The Labute approximate surface area is 79.2 Å². The Kier molecular flexibility index (Phi) is 1.96. The number of hydrogen-bond acceptors (Lipinski definition) is 2. The summed E-state index contributed by atoms with van der Waals surface area (Å²) < 4.78 is 27.4. The van der Waals surface area contributed by atoms with Crippen LogP contribution in [0.15, 0.2) is 12.1 Å². The number of nitrogens with two attached hydrogens (primary N) is 1. The molecule has 0 amide bonds. The molecule has 3 nitrogen and oxygen atoms in total. The van der Waals surface area contributed by atoms with Gasteiger partial charge in [0.2, 0.25) is 0 Å². The van der Waals surface area contributed by atoms with Crippen molar-refractivity contribution in [3.8, 4) is 0 Å². The predicted octanol–water partition coefficient (Wildman–Crippen LogP) is 1.31. The zero-order chi connectivity index (χ0) is 10.3. The van der Waals surface area contributed by atoms with Crippen LogP contribution < -0.4 is 5.73 Å². The summed E-state index contributed by atoms with van der Waals surface area (Å²) in [5.41, 5.74) is 6.39. The molecule has 0 saturated heterocycles. The average molecular weight is 197 g/mol. The summed E-state index contributed by atoms with van der Waals surface area (Å²) in [6.45, 7) is 0.244. The molecule has 14 heavy (non-hydrogen) atoms. The van der Waals surface area contributed by atoms with Gasteiger partial charge < -0.3 is 10.3 Å². The number of halogens is 2. The Morgan fingerprint density at radius 1 is 1.36 bits per heavy atom. The van der Waals surface area contributed by atoms with Gasteiger partial charge in [0.1, 0.15) is 5.82 Å². The second-order valence-electron chi connectivity index (χ2n) is 3.05. The number of aryl methyl sites for hydroxylation is 1. The molecule has 0 spiro atoms. The van der Waals surface area contributed by atoms with Crippen molar-refractivity contribution in [2.24, 2.45) is 12.8 Å². The molecule has 74 valence electrons. The first kappa shape index (κ1) is 9.08. The minimum atomic E-state index is -0.890. The fourth-order valence-electron chi connectivity index (χ4n) is 1.42. The summed E-state index contributed by atoms with van der Waals surface area (Å²) in [5, 5.41) is 0. The van der Waals surface area contributed by atoms with E-state index in [1.54, 1.807) is 11.6 Å². The maximum Gasteiger partial charge on any atom is 0.161 e. The van der Waals surface area contributed by atoms with E-state index in [-0.39, 0.29) is 6.54 Å². The Morgan fingerprint density at radius 2 is 2.00 bits per heavy atom. The topological polar surface area (TPSA) is 43.8 Å². The van der Waals surface area contributed by atoms with Crippen molar-refractivity contribution in [1.82, 2.24) is 9.55 Å². The minimum absolute atomic E-state index is 0.244. The molecule has 0 unspecified atom stereocenters. The largest absolute Gasteiger partial charge is 0.330 e. The van der Waals surface area contributed by atoms with Gasteiger partial charge in [0.15, 0.2) is 11.6 Å². The van der Waals surface area contributed by atoms with Crippen molar-refractivity contribution in [3.63, 3.8) is 0 Å².